The Hall–Kier alpha value is -2.44. The van der Waals surface area contributed by atoms with Crippen molar-refractivity contribution >= 4 is 23.8 Å². The molecule has 210 valence electrons. The van der Waals surface area contributed by atoms with Crippen molar-refractivity contribution in [2.45, 2.75) is 68.4 Å². The summed E-state index contributed by atoms with van der Waals surface area (Å²) in [5.74, 6) is -0.0234. The van der Waals surface area contributed by atoms with Crippen molar-refractivity contribution in [3.8, 4) is 0 Å². The summed E-state index contributed by atoms with van der Waals surface area (Å²) in [6.07, 6.45) is -0.407. The maximum Gasteiger partial charge on any atom is 0.407 e. The molecule has 0 saturated heterocycles. The van der Waals surface area contributed by atoms with Gasteiger partial charge >= 0.3 is 6.09 Å². The van der Waals surface area contributed by atoms with Gasteiger partial charge in [-0.25, -0.2) is 15.8 Å². The summed E-state index contributed by atoms with van der Waals surface area (Å²) in [6.45, 7) is 18.1. The molecule has 0 aromatic rings. The number of rotatable bonds is 10. The van der Waals surface area contributed by atoms with Crippen molar-refractivity contribution in [3.05, 3.63) is 0 Å². The third-order valence-corrected chi connectivity index (χ3v) is 3.25. The summed E-state index contributed by atoms with van der Waals surface area (Å²) < 4.78 is 9.41. The lowest BCUT2D eigenvalue weighted by Crippen LogP contribution is -2.30. The van der Waals surface area contributed by atoms with E-state index in [0.29, 0.717) is 19.8 Å². The molecule has 0 bridgehead atoms. The molecular formula is C23H50N4O8. The summed E-state index contributed by atoms with van der Waals surface area (Å²) >= 11 is 0. The Balaban J connectivity index is -0.000000184. The summed E-state index contributed by atoms with van der Waals surface area (Å²) in [4.78, 5) is 51.3. The van der Waals surface area contributed by atoms with Gasteiger partial charge in [0.2, 0.25) is 17.7 Å². The summed E-state index contributed by atoms with van der Waals surface area (Å²) in [5.41, 5.74) is 4.50. The zero-order valence-corrected chi connectivity index (χ0v) is 23.7. The molecule has 0 saturated carbocycles. The predicted molar refractivity (Wildman–Crippen MR) is 135 cm³/mol. The average Bonchev–Trinajstić information content (AvgIpc) is 2.78. The molecule has 0 aliphatic heterocycles. The number of hydrogen-bond donors (Lipinski definition) is 4. The van der Waals surface area contributed by atoms with E-state index in [4.69, 9.17) is 4.74 Å². The van der Waals surface area contributed by atoms with Gasteiger partial charge in [-0.2, -0.15) is 0 Å². The van der Waals surface area contributed by atoms with Gasteiger partial charge in [0.15, 0.2) is 0 Å². The van der Waals surface area contributed by atoms with Crippen LogP contribution in [0.1, 0.15) is 62.3 Å². The Morgan fingerprint density at radius 2 is 1.20 bits per heavy atom. The Morgan fingerprint density at radius 1 is 0.743 bits per heavy atom. The van der Waals surface area contributed by atoms with Gasteiger partial charge < -0.3 is 20.1 Å². The highest BCUT2D eigenvalue weighted by Gasteiger charge is 2.05. The normalized spacial score (nSPS) is 9.60. The number of hydrogen-bond acceptors (Lipinski definition) is 8. The van der Waals surface area contributed by atoms with Crippen molar-refractivity contribution in [2.75, 3.05) is 41.0 Å². The van der Waals surface area contributed by atoms with Gasteiger partial charge in [-0.1, -0.05) is 41.5 Å². The first kappa shape index (κ1) is 39.8. The number of carbonyl (C=O) groups is 4. The van der Waals surface area contributed by atoms with Crippen LogP contribution in [0.2, 0.25) is 0 Å². The molecule has 0 unspecified atom stereocenters. The lowest BCUT2D eigenvalue weighted by Gasteiger charge is -2.05. The lowest BCUT2D eigenvalue weighted by molar-refractivity contribution is -0.136. The first-order valence-corrected chi connectivity index (χ1v) is 11.6. The number of methoxy groups -OCH3 is 1. The molecule has 12 nitrogen and oxygen atoms in total. The van der Waals surface area contributed by atoms with E-state index in [2.05, 4.69) is 36.0 Å². The molecular weight excluding hydrogens is 460 g/mol. The maximum absolute atomic E-state index is 10.9. The van der Waals surface area contributed by atoms with Crippen molar-refractivity contribution in [2.24, 2.45) is 17.8 Å². The second-order valence-corrected chi connectivity index (χ2v) is 8.02. The maximum atomic E-state index is 10.9. The Morgan fingerprint density at radius 3 is 1.46 bits per heavy atom. The van der Waals surface area contributed by atoms with Gasteiger partial charge in [-0.15, -0.1) is 0 Å². The highest BCUT2D eigenvalue weighted by molar-refractivity contribution is 5.78. The minimum atomic E-state index is -0.375. The monoisotopic (exact) mass is 510 g/mol. The molecule has 0 radical (unpaired) electrons. The minimum absolute atomic E-state index is 0.00319. The van der Waals surface area contributed by atoms with Crippen LogP contribution >= 0.6 is 0 Å². The quantitative estimate of drug-likeness (QED) is 0.258. The molecule has 0 rings (SSSR count). The van der Waals surface area contributed by atoms with Gasteiger partial charge in [0, 0.05) is 38.5 Å². The van der Waals surface area contributed by atoms with Crippen molar-refractivity contribution in [1.82, 2.24) is 21.6 Å². The van der Waals surface area contributed by atoms with Crippen LogP contribution in [0, 0.1) is 17.8 Å². The molecule has 0 heterocycles. The smallest absolute Gasteiger partial charge is 0.407 e. The summed E-state index contributed by atoms with van der Waals surface area (Å²) in [7, 11) is 4.56. The molecule has 0 fully saturated rings. The van der Waals surface area contributed by atoms with Crippen LogP contribution in [0.25, 0.3) is 0 Å². The van der Waals surface area contributed by atoms with Crippen molar-refractivity contribution in [1.29, 1.82) is 0 Å². The van der Waals surface area contributed by atoms with E-state index >= 15 is 0 Å². The van der Waals surface area contributed by atoms with Crippen LogP contribution in [0.5, 0.6) is 0 Å². The molecule has 4 amide bonds. The highest BCUT2D eigenvalue weighted by Crippen LogP contribution is 1.90. The van der Waals surface area contributed by atoms with Crippen molar-refractivity contribution < 1.29 is 38.3 Å². The van der Waals surface area contributed by atoms with Crippen LogP contribution in [0.3, 0.4) is 0 Å². The first-order chi connectivity index (χ1) is 16.2. The largest absolute Gasteiger partial charge is 0.447 e. The standard InChI is InChI=1S/C7H15NO2.C6H13NO2.2C5H11NO2/c1-6(2)7(9)8-4-5-10-3;1-4-9-7-6(8)5(2)3;1-4(2)8-5(7)6-3;1-4(2)5(7)6-8-3/h6H,4-5H2,1-3H3,(H,8,9);5H,4H2,1-3H3,(H,7,8);2*4H,1-3H3,(H,6,7). The molecule has 4 N–H and O–H groups in total. The molecule has 0 aliphatic carbocycles. The fraction of sp³-hybridized carbons (Fsp3) is 0.826. The summed E-state index contributed by atoms with van der Waals surface area (Å²) in [6, 6.07) is 0. The first-order valence-electron chi connectivity index (χ1n) is 11.6. The third-order valence-electron chi connectivity index (χ3n) is 3.25. The third kappa shape index (κ3) is 36.3. The van der Waals surface area contributed by atoms with E-state index in [1.165, 1.54) is 14.2 Å². The topological polar surface area (TPSA) is 153 Å². The molecule has 0 atom stereocenters. The average molecular weight is 511 g/mol. The van der Waals surface area contributed by atoms with Crippen LogP contribution in [0.4, 0.5) is 4.79 Å². The molecule has 0 aromatic heterocycles. The molecule has 0 aliphatic rings. The SMILES string of the molecule is CCONC(=O)C(C)C.CNC(=O)OC(C)C.COCCNC(=O)C(C)C.CONC(=O)C(C)C. The zero-order chi connectivity index (χ0) is 28.4. The second-order valence-electron chi connectivity index (χ2n) is 8.02. The fourth-order valence-electron chi connectivity index (χ4n) is 1.23. The van der Waals surface area contributed by atoms with E-state index < -0.39 is 0 Å². The number of carbonyl (C=O) groups excluding carboxylic acids is 4. The van der Waals surface area contributed by atoms with E-state index in [-0.39, 0.29) is 47.7 Å². The Bertz CT molecular complexity index is 542. The van der Waals surface area contributed by atoms with Gasteiger partial charge in [-0.05, 0) is 20.8 Å². The molecule has 0 aromatic carbocycles. The molecule has 12 heteroatoms. The number of nitrogens with one attached hydrogen (secondary N) is 4. The number of alkyl carbamates (subject to hydrolysis) is 1. The Labute approximate surface area is 211 Å². The molecule has 35 heavy (non-hydrogen) atoms. The van der Waals surface area contributed by atoms with Crippen LogP contribution in [-0.2, 0) is 33.5 Å². The van der Waals surface area contributed by atoms with Crippen LogP contribution < -0.4 is 21.6 Å². The van der Waals surface area contributed by atoms with E-state index in [1.54, 1.807) is 34.8 Å². The van der Waals surface area contributed by atoms with E-state index in [1.807, 2.05) is 34.6 Å². The van der Waals surface area contributed by atoms with Gasteiger partial charge in [0.05, 0.1) is 26.4 Å². The van der Waals surface area contributed by atoms with Gasteiger partial charge in [0.1, 0.15) is 0 Å². The highest BCUT2D eigenvalue weighted by atomic mass is 16.7. The molecule has 0 spiro atoms. The lowest BCUT2D eigenvalue weighted by atomic mass is 10.2. The minimum Gasteiger partial charge on any atom is -0.447 e. The van der Waals surface area contributed by atoms with Gasteiger partial charge in [-0.3, -0.25) is 24.1 Å². The number of ether oxygens (including phenoxy) is 2. The van der Waals surface area contributed by atoms with E-state index in [0.717, 1.165) is 0 Å². The van der Waals surface area contributed by atoms with Crippen molar-refractivity contribution in [3.63, 3.8) is 0 Å². The van der Waals surface area contributed by atoms with Crippen LogP contribution in [-0.4, -0.2) is 70.9 Å². The van der Waals surface area contributed by atoms with Gasteiger partial charge in [0.25, 0.3) is 0 Å². The fourth-order valence-corrected chi connectivity index (χ4v) is 1.23. The van der Waals surface area contributed by atoms with Crippen LogP contribution in [0.15, 0.2) is 0 Å². The Kier molecular flexibility index (Phi) is 31.6. The summed E-state index contributed by atoms with van der Waals surface area (Å²) in [5, 5.41) is 5.05. The number of hydroxylamine groups is 2. The zero-order valence-electron chi connectivity index (χ0n) is 23.7. The number of amides is 4. The predicted octanol–water partition coefficient (Wildman–Crippen LogP) is 2.19. The second kappa shape index (κ2) is 27.8. The van der Waals surface area contributed by atoms with E-state index in [9.17, 15) is 19.2 Å².